The number of nitrogens with one attached hydrogen (secondary N) is 1. The van der Waals surface area contributed by atoms with Crippen LogP contribution >= 0.6 is 0 Å². The molecular weight excluding hydrogens is 248 g/mol. The van der Waals surface area contributed by atoms with Gasteiger partial charge in [0.05, 0.1) is 5.60 Å². The zero-order valence-corrected chi connectivity index (χ0v) is 13.0. The maximum Gasteiger partial charge on any atom is 0.0745 e. The SMILES string of the molecule is CCCC1CCC(CN)(C2(O)CC3CCC(C2)N3)CC1. The van der Waals surface area contributed by atoms with Gasteiger partial charge in [0.15, 0.2) is 0 Å². The third-order valence-corrected chi connectivity index (χ3v) is 6.64. The maximum atomic E-state index is 11.4. The molecule has 0 spiro atoms. The molecule has 2 bridgehead atoms. The molecule has 2 heterocycles. The van der Waals surface area contributed by atoms with Gasteiger partial charge in [0.1, 0.15) is 0 Å². The first kappa shape index (κ1) is 14.8. The van der Waals surface area contributed by atoms with Crippen LogP contribution in [0.1, 0.15) is 71.1 Å². The summed E-state index contributed by atoms with van der Waals surface area (Å²) >= 11 is 0. The van der Waals surface area contributed by atoms with Crippen LogP contribution in [-0.4, -0.2) is 29.3 Å². The van der Waals surface area contributed by atoms with E-state index in [9.17, 15) is 5.11 Å². The average Bonchev–Trinajstić information content (AvgIpc) is 2.80. The molecule has 1 saturated carbocycles. The van der Waals surface area contributed by atoms with Crippen molar-refractivity contribution in [3.05, 3.63) is 0 Å². The summed E-state index contributed by atoms with van der Waals surface area (Å²) in [4.78, 5) is 0. The Morgan fingerprint density at radius 2 is 1.70 bits per heavy atom. The molecule has 0 aromatic carbocycles. The number of fused-ring (bicyclic) bond motifs is 2. The second kappa shape index (κ2) is 5.58. The minimum atomic E-state index is -0.504. The maximum absolute atomic E-state index is 11.4. The lowest BCUT2D eigenvalue weighted by atomic mass is 9.57. The van der Waals surface area contributed by atoms with Crippen molar-refractivity contribution < 1.29 is 5.11 Å². The number of rotatable bonds is 4. The number of hydrogen-bond donors (Lipinski definition) is 3. The topological polar surface area (TPSA) is 58.3 Å². The number of piperidine rings is 1. The summed E-state index contributed by atoms with van der Waals surface area (Å²) in [5.41, 5.74) is 5.70. The smallest absolute Gasteiger partial charge is 0.0745 e. The number of nitrogens with two attached hydrogens (primary N) is 1. The summed E-state index contributed by atoms with van der Waals surface area (Å²) < 4.78 is 0. The average molecular weight is 280 g/mol. The van der Waals surface area contributed by atoms with Crippen LogP contribution in [-0.2, 0) is 0 Å². The Morgan fingerprint density at radius 3 is 2.20 bits per heavy atom. The molecule has 0 radical (unpaired) electrons. The fourth-order valence-corrected chi connectivity index (χ4v) is 5.34. The Morgan fingerprint density at radius 1 is 1.10 bits per heavy atom. The first-order valence-corrected chi connectivity index (χ1v) is 8.79. The number of aliphatic hydroxyl groups is 1. The molecule has 116 valence electrons. The lowest BCUT2D eigenvalue weighted by Crippen LogP contribution is -2.61. The summed E-state index contributed by atoms with van der Waals surface area (Å²) in [6.07, 6.45) is 11.8. The zero-order chi connectivity index (χ0) is 14.2. The van der Waals surface area contributed by atoms with Gasteiger partial charge in [0, 0.05) is 24.0 Å². The standard InChI is InChI=1S/C17H32N2O/c1-2-3-13-6-8-16(12-18,9-7-13)17(20)10-14-4-5-15(11-17)19-14/h13-15,19-20H,2-12,18H2,1H3. The molecule has 2 unspecified atom stereocenters. The molecule has 2 saturated heterocycles. The Balaban J connectivity index is 1.72. The fraction of sp³-hybridized carbons (Fsp3) is 1.00. The Kier molecular flexibility index (Phi) is 4.13. The highest BCUT2D eigenvalue weighted by Gasteiger charge is 2.55. The van der Waals surface area contributed by atoms with Gasteiger partial charge in [-0.1, -0.05) is 19.8 Å². The Hall–Kier alpha value is -0.120. The molecule has 3 heteroatoms. The van der Waals surface area contributed by atoms with Crippen LogP contribution in [0.5, 0.6) is 0 Å². The zero-order valence-electron chi connectivity index (χ0n) is 13.0. The van der Waals surface area contributed by atoms with Crippen molar-refractivity contribution in [2.75, 3.05) is 6.54 Å². The van der Waals surface area contributed by atoms with Gasteiger partial charge in [0.25, 0.3) is 0 Å². The van der Waals surface area contributed by atoms with Crippen LogP contribution in [0.3, 0.4) is 0 Å². The highest BCUT2D eigenvalue weighted by atomic mass is 16.3. The molecule has 2 aliphatic heterocycles. The Bertz CT molecular complexity index is 324. The molecule has 4 N–H and O–H groups in total. The first-order chi connectivity index (χ1) is 9.61. The molecule has 3 rings (SSSR count). The van der Waals surface area contributed by atoms with Gasteiger partial charge in [-0.3, -0.25) is 0 Å². The van der Waals surface area contributed by atoms with Crippen LogP contribution in [0.2, 0.25) is 0 Å². The van der Waals surface area contributed by atoms with Gasteiger partial charge in [-0.15, -0.1) is 0 Å². The van der Waals surface area contributed by atoms with Gasteiger partial charge in [-0.05, 0) is 57.3 Å². The molecule has 0 amide bonds. The van der Waals surface area contributed by atoms with E-state index in [-0.39, 0.29) is 5.41 Å². The van der Waals surface area contributed by atoms with Crippen molar-refractivity contribution in [3.8, 4) is 0 Å². The Labute approximate surface area is 123 Å². The monoisotopic (exact) mass is 280 g/mol. The molecule has 2 atom stereocenters. The van der Waals surface area contributed by atoms with Crippen LogP contribution < -0.4 is 11.1 Å². The van der Waals surface area contributed by atoms with E-state index in [0.29, 0.717) is 18.6 Å². The highest BCUT2D eigenvalue weighted by molar-refractivity contribution is 5.10. The number of hydrogen-bond acceptors (Lipinski definition) is 3. The van der Waals surface area contributed by atoms with E-state index in [0.717, 1.165) is 31.6 Å². The first-order valence-electron chi connectivity index (χ1n) is 8.79. The van der Waals surface area contributed by atoms with Crippen molar-refractivity contribution in [1.82, 2.24) is 5.32 Å². The van der Waals surface area contributed by atoms with Crippen LogP contribution in [0, 0.1) is 11.3 Å². The summed E-state index contributed by atoms with van der Waals surface area (Å²) in [7, 11) is 0. The van der Waals surface area contributed by atoms with Crippen molar-refractivity contribution in [3.63, 3.8) is 0 Å². The fourth-order valence-electron chi connectivity index (χ4n) is 5.34. The van der Waals surface area contributed by atoms with E-state index in [4.69, 9.17) is 5.73 Å². The molecule has 1 aliphatic carbocycles. The van der Waals surface area contributed by atoms with Gasteiger partial charge >= 0.3 is 0 Å². The summed E-state index contributed by atoms with van der Waals surface area (Å²) in [6.45, 7) is 2.95. The molecule has 3 nitrogen and oxygen atoms in total. The summed E-state index contributed by atoms with van der Waals surface area (Å²) in [5.74, 6) is 0.877. The van der Waals surface area contributed by atoms with Crippen molar-refractivity contribution in [2.45, 2.75) is 88.8 Å². The van der Waals surface area contributed by atoms with Crippen molar-refractivity contribution in [2.24, 2.45) is 17.1 Å². The van der Waals surface area contributed by atoms with E-state index in [1.54, 1.807) is 0 Å². The molecule has 20 heavy (non-hydrogen) atoms. The van der Waals surface area contributed by atoms with Gasteiger partial charge in [-0.2, -0.15) is 0 Å². The molecule has 3 fully saturated rings. The largest absolute Gasteiger partial charge is 0.389 e. The van der Waals surface area contributed by atoms with Crippen LogP contribution in [0.4, 0.5) is 0 Å². The van der Waals surface area contributed by atoms with Crippen molar-refractivity contribution in [1.29, 1.82) is 0 Å². The predicted molar refractivity (Wildman–Crippen MR) is 82.5 cm³/mol. The lowest BCUT2D eigenvalue weighted by molar-refractivity contribution is -0.132. The van der Waals surface area contributed by atoms with Gasteiger partial charge in [-0.25, -0.2) is 0 Å². The van der Waals surface area contributed by atoms with Crippen LogP contribution in [0.15, 0.2) is 0 Å². The molecular formula is C17H32N2O. The lowest BCUT2D eigenvalue weighted by Gasteiger charge is -2.54. The van der Waals surface area contributed by atoms with E-state index >= 15 is 0 Å². The third-order valence-electron chi connectivity index (χ3n) is 6.64. The van der Waals surface area contributed by atoms with E-state index in [1.807, 2.05) is 0 Å². The van der Waals surface area contributed by atoms with Crippen LogP contribution in [0.25, 0.3) is 0 Å². The normalized spacial score (nSPS) is 48.5. The second-order valence-electron chi connectivity index (χ2n) is 7.79. The minimum Gasteiger partial charge on any atom is -0.389 e. The van der Waals surface area contributed by atoms with Crippen molar-refractivity contribution >= 4 is 0 Å². The predicted octanol–water partition coefficient (Wildman–Crippen LogP) is 2.57. The van der Waals surface area contributed by atoms with E-state index in [1.165, 1.54) is 38.5 Å². The molecule has 0 aromatic rings. The van der Waals surface area contributed by atoms with E-state index in [2.05, 4.69) is 12.2 Å². The second-order valence-corrected chi connectivity index (χ2v) is 7.79. The minimum absolute atomic E-state index is 0.000180. The van der Waals surface area contributed by atoms with Gasteiger partial charge in [0.2, 0.25) is 0 Å². The third kappa shape index (κ3) is 2.42. The molecule has 3 aliphatic rings. The summed E-state index contributed by atoms with van der Waals surface area (Å²) in [6, 6.07) is 1.08. The van der Waals surface area contributed by atoms with E-state index < -0.39 is 5.60 Å². The summed E-state index contributed by atoms with van der Waals surface area (Å²) in [5, 5.41) is 15.1. The van der Waals surface area contributed by atoms with Gasteiger partial charge < -0.3 is 16.2 Å². The highest BCUT2D eigenvalue weighted by Crippen LogP contribution is 2.53. The molecule has 0 aromatic heterocycles. The quantitative estimate of drug-likeness (QED) is 0.742.